The number of carboxylic acids is 1. The van der Waals surface area contributed by atoms with Crippen molar-refractivity contribution in [1.82, 2.24) is 5.32 Å². The Labute approximate surface area is 119 Å². The van der Waals surface area contributed by atoms with Crippen LogP contribution in [-0.2, 0) is 14.3 Å². The Balaban J connectivity index is 3.07. The predicted octanol–water partition coefficient (Wildman–Crippen LogP) is -3.87. The molecule has 0 spiro atoms. The summed E-state index contributed by atoms with van der Waals surface area (Å²) in [5.41, 5.74) is 0. The van der Waals surface area contributed by atoms with Crippen molar-refractivity contribution >= 4 is 11.9 Å². The van der Waals surface area contributed by atoms with E-state index in [4.69, 9.17) is 14.9 Å². The molecule has 0 aromatic rings. The minimum Gasteiger partial charge on any atom is -0.477 e. The third kappa shape index (κ3) is 3.87. The van der Waals surface area contributed by atoms with E-state index in [2.05, 4.69) is 5.32 Å². The van der Waals surface area contributed by atoms with Gasteiger partial charge in [-0.15, -0.1) is 0 Å². The minimum absolute atomic E-state index is 0.598. The van der Waals surface area contributed by atoms with Crippen molar-refractivity contribution in [2.45, 2.75) is 49.6 Å². The predicted molar refractivity (Wildman–Crippen MR) is 64.8 cm³/mol. The first kappa shape index (κ1) is 17.8. The first-order chi connectivity index (χ1) is 9.62. The molecule has 122 valence electrons. The number of carbonyl (C=O) groups is 2. The van der Waals surface area contributed by atoms with Gasteiger partial charge in [-0.3, -0.25) is 4.79 Å². The van der Waals surface area contributed by atoms with E-state index in [9.17, 15) is 30.0 Å². The monoisotopic (exact) mass is 309 g/mol. The van der Waals surface area contributed by atoms with Crippen molar-refractivity contribution < 1.29 is 45.0 Å². The highest BCUT2D eigenvalue weighted by molar-refractivity contribution is 5.76. The summed E-state index contributed by atoms with van der Waals surface area (Å²) >= 11 is 0. The fraction of sp³-hybridized carbons (Fsp3) is 0.818. The molecule has 1 amide bonds. The van der Waals surface area contributed by atoms with Crippen LogP contribution >= 0.6 is 0 Å². The van der Waals surface area contributed by atoms with Gasteiger partial charge in [0.15, 0.2) is 0 Å². The molecule has 1 saturated heterocycles. The standard InChI is InChI=1S/C11H19NO9/c1-4(14)12-7-5(15)2-11(20,10(18)19)21-9(7)8(17)6(16)3-13/h5-9,13,15-17,20H,2-3H2,1H3,(H,12,14)(H,18,19)/t5-,6+,7-,8+,9-,11-/m0/s1. The van der Waals surface area contributed by atoms with Crippen LogP contribution in [0.15, 0.2) is 0 Å². The van der Waals surface area contributed by atoms with E-state index >= 15 is 0 Å². The van der Waals surface area contributed by atoms with Crippen molar-refractivity contribution in [2.24, 2.45) is 0 Å². The molecule has 0 saturated carbocycles. The van der Waals surface area contributed by atoms with Crippen LogP contribution in [0.5, 0.6) is 0 Å². The van der Waals surface area contributed by atoms with Crippen molar-refractivity contribution in [2.75, 3.05) is 6.61 Å². The summed E-state index contributed by atoms with van der Waals surface area (Å²) in [6.07, 6.45) is -7.48. The lowest BCUT2D eigenvalue weighted by Gasteiger charge is -2.44. The minimum atomic E-state index is -2.78. The Morgan fingerprint density at radius 1 is 1.43 bits per heavy atom. The van der Waals surface area contributed by atoms with Crippen molar-refractivity contribution in [1.29, 1.82) is 0 Å². The van der Waals surface area contributed by atoms with E-state index in [1.807, 2.05) is 0 Å². The molecule has 10 nitrogen and oxygen atoms in total. The van der Waals surface area contributed by atoms with Gasteiger partial charge in [0.25, 0.3) is 5.79 Å². The molecule has 0 aromatic carbocycles. The number of carboxylic acid groups (broad SMARTS) is 1. The Morgan fingerprint density at radius 2 is 2.00 bits per heavy atom. The topological polar surface area (TPSA) is 177 Å². The second-order valence-electron chi connectivity index (χ2n) is 4.91. The molecule has 0 aromatic heterocycles. The smallest absolute Gasteiger partial charge is 0.364 e. The van der Waals surface area contributed by atoms with Gasteiger partial charge in [-0.1, -0.05) is 0 Å². The molecule has 0 radical (unpaired) electrons. The number of aliphatic hydroxyl groups excluding tert-OH is 4. The molecular weight excluding hydrogens is 290 g/mol. The van der Waals surface area contributed by atoms with Gasteiger partial charge < -0.3 is 40.7 Å². The molecule has 1 fully saturated rings. The van der Waals surface area contributed by atoms with Crippen LogP contribution in [0.4, 0.5) is 0 Å². The average Bonchev–Trinajstić information content (AvgIpc) is 2.39. The Bertz CT molecular complexity index is 403. The number of rotatable bonds is 5. The number of hydrogen-bond acceptors (Lipinski definition) is 8. The zero-order chi connectivity index (χ0) is 16.4. The Kier molecular flexibility index (Phi) is 5.61. The van der Waals surface area contributed by atoms with Crippen molar-refractivity contribution in [3.63, 3.8) is 0 Å². The fourth-order valence-electron chi connectivity index (χ4n) is 2.14. The quantitative estimate of drug-likeness (QED) is 0.268. The number of ether oxygens (including phenoxy) is 1. The van der Waals surface area contributed by atoms with Crippen LogP contribution in [0.2, 0.25) is 0 Å². The van der Waals surface area contributed by atoms with Crippen LogP contribution in [0.1, 0.15) is 13.3 Å². The maximum Gasteiger partial charge on any atom is 0.364 e. The number of aliphatic hydroxyl groups is 5. The highest BCUT2D eigenvalue weighted by Gasteiger charge is 2.53. The van der Waals surface area contributed by atoms with Gasteiger partial charge in [-0.05, 0) is 0 Å². The molecule has 0 unspecified atom stereocenters. The van der Waals surface area contributed by atoms with E-state index in [1.165, 1.54) is 0 Å². The normalized spacial score (nSPS) is 35.8. The second kappa shape index (κ2) is 6.64. The summed E-state index contributed by atoms with van der Waals surface area (Å²) in [5.74, 6) is -5.17. The number of hydrogen-bond donors (Lipinski definition) is 7. The molecule has 10 heteroatoms. The third-order valence-corrected chi connectivity index (χ3v) is 3.21. The molecule has 0 aliphatic carbocycles. The molecule has 0 bridgehead atoms. The lowest BCUT2D eigenvalue weighted by molar-refractivity contribution is -0.295. The summed E-state index contributed by atoms with van der Waals surface area (Å²) in [4.78, 5) is 22.1. The molecule has 21 heavy (non-hydrogen) atoms. The van der Waals surface area contributed by atoms with Crippen LogP contribution in [0, 0.1) is 0 Å². The van der Waals surface area contributed by atoms with Gasteiger partial charge in [0, 0.05) is 13.3 Å². The molecule has 1 rings (SSSR count). The molecule has 1 heterocycles. The fourth-order valence-corrected chi connectivity index (χ4v) is 2.14. The molecule has 7 N–H and O–H groups in total. The molecular formula is C11H19NO9. The zero-order valence-electron chi connectivity index (χ0n) is 11.2. The van der Waals surface area contributed by atoms with Gasteiger partial charge >= 0.3 is 5.97 Å². The summed E-state index contributed by atoms with van der Waals surface area (Å²) in [6.45, 7) is 0.256. The average molecular weight is 309 g/mol. The maximum absolute atomic E-state index is 11.1. The lowest BCUT2D eigenvalue weighted by atomic mass is 9.88. The number of carbonyl (C=O) groups excluding carboxylic acids is 1. The van der Waals surface area contributed by atoms with E-state index < -0.39 is 61.1 Å². The van der Waals surface area contributed by atoms with E-state index in [-0.39, 0.29) is 0 Å². The summed E-state index contributed by atoms with van der Waals surface area (Å²) in [6, 6.07) is -1.27. The molecule has 1 aliphatic rings. The van der Waals surface area contributed by atoms with Crippen LogP contribution in [0.25, 0.3) is 0 Å². The van der Waals surface area contributed by atoms with E-state index in [0.717, 1.165) is 6.92 Å². The highest BCUT2D eigenvalue weighted by Crippen LogP contribution is 2.30. The van der Waals surface area contributed by atoms with Crippen molar-refractivity contribution in [3.05, 3.63) is 0 Å². The van der Waals surface area contributed by atoms with Crippen molar-refractivity contribution in [3.8, 4) is 0 Å². The lowest BCUT2D eigenvalue weighted by Crippen LogP contribution is -2.67. The van der Waals surface area contributed by atoms with E-state index in [1.54, 1.807) is 0 Å². The van der Waals surface area contributed by atoms with Gasteiger partial charge in [0.2, 0.25) is 5.91 Å². The summed E-state index contributed by atoms with van der Waals surface area (Å²) in [5, 5.41) is 59.0. The van der Waals surface area contributed by atoms with Crippen LogP contribution in [-0.4, -0.2) is 85.4 Å². The zero-order valence-corrected chi connectivity index (χ0v) is 11.2. The number of nitrogens with one attached hydrogen (secondary N) is 1. The van der Waals surface area contributed by atoms with Gasteiger partial charge in [-0.2, -0.15) is 0 Å². The van der Waals surface area contributed by atoms with E-state index in [0.29, 0.717) is 0 Å². The van der Waals surface area contributed by atoms with Crippen LogP contribution < -0.4 is 5.32 Å². The SMILES string of the molecule is CC(=O)N[C@@H]1[C@@H]([C@H](O)[C@H](O)CO)O[C@](O)(C(=O)O)C[C@@H]1O. The van der Waals surface area contributed by atoms with Gasteiger partial charge in [-0.25, -0.2) is 4.79 Å². The van der Waals surface area contributed by atoms with Crippen LogP contribution in [0.3, 0.4) is 0 Å². The Hall–Kier alpha value is -1.30. The van der Waals surface area contributed by atoms with Gasteiger partial charge in [0.05, 0.1) is 18.8 Å². The first-order valence-corrected chi connectivity index (χ1v) is 6.18. The highest BCUT2D eigenvalue weighted by atomic mass is 16.7. The molecule has 6 atom stereocenters. The number of amides is 1. The number of aliphatic carboxylic acids is 1. The first-order valence-electron chi connectivity index (χ1n) is 6.18. The maximum atomic E-state index is 11.1. The third-order valence-electron chi connectivity index (χ3n) is 3.21. The largest absolute Gasteiger partial charge is 0.477 e. The summed E-state index contributed by atoms with van der Waals surface area (Å²) in [7, 11) is 0. The summed E-state index contributed by atoms with van der Waals surface area (Å²) < 4.78 is 4.86. The van der Waals surface area contributed by atoms with Gasteiger partial charge in [0.1, 0.15) is 18.3 Å². The Morgan fingerprint density at radius 3 is 2.43 bits per heavy atom. The second-order valence-corrected chi connectivity index (χ2v) is 4.91. The molecule has 1 aliphatic heterocycles.